The number of benzene rings is 1. The van der Waals surface area contributed by atoms with Crippen LogP contribution in [0, 0.1) is 0 Å². The monoisotopic (exact) mass is 382 g/mol. The Morgan fingerprint density at radius 2 is 2.04 bits per heavy atom. The minimum atomic E-state index is -0.966. The lowest BCUT2D eigenvalue weighted by Crippen LogP contribution is -2.34. The predicted molar refractivity (Wildman–Crippen MR) is 101 cm³/mol. The number of aromatic amines is 1. The van der Waals surface area contributed by atoms with Crippen molar-refractivity contribution in [1.29, 1.82) is 0 Å². The van der Waals surface area contributed by atoms with Crippen LogP contribution in [-0.4, -0.2) is 38.6 Å². The minimum absolute atomic E-state index is 0.0109. The number of H-pyrrole nitrogens is 1. The van der Waals surface area contributed by atoms with Gasteiger partial charge in [0.2, 0.25) is 5.91 Å². The summed E-state index contributed by atoms with van der Waals surface area (Å²) in [6.07, 6.45) is 0. The maximum Gasteiger partial charge on any atom is 0.335 e. The van der Waals surface area contributed by atoms with Gasteiger partial charge in [0.25, 0.3) is 0 Å². The van der Waals surface area contributed by atoms with Crippen molar-refractivity contribution in [2.75, 3.05) is 6.54 Å². The number of nitrogens with one attached hydrogen (secondary N) is 1. The maximum atomic E-state index is 13.0. The Morgan fingerprint density at radius 1 is 1.26 bits per heavy atom. The molecule has 8 heteroatoms. The van der Waals surface area contributed by atoms with Crippen LogP contribution in [0.5, 0.6) is 0 Å². The van der Waals surface area contributed by atoms with E-state index < -0.39 is 5.97 Å². The maximum absolute atomic E-state index is 13.0. The lowest BCUT2D eigenvalue weighted by Gasteiger charge is -2.21. The highest BCUT2D eigenvalue weighted by Gasteiger charge is 2.32. The molecule has 0 bridgehead atoms. The quantitative estimate of drug-likeness (QED) is 0.627. The van der Waals surface area contributed by atoms with Crippen LogP contribution in [0.2, 0.25) is 0 Å². The molecular weight excluding hydrogens is 364 g/mol. The van der Waals surface area contributed by atoms with Crippen LogP contribution >= 0.6 is 11.3 Å². The van der Waals surface area contributed by atoms with E-state index in [2.05, 4.69) is 10.2 Å². The molecule has 138 valence electrons. The van der Waals surface area contributed by atoms with Gasteiger partial charge in [-0.3, -0.25) is 9.89 Å². The van der Waals surface area contributed by atoms with Gasteiger partial charge in [0.15, 0.2) is 0 Å². The zero-order valence-corrected chi connectivity index (χ0v) is 15.2. The number of amides is 1. The first kappa shape index (κ1) is 17.4. The molecule has 0 spiro atoms. The van der Waals surface area contributed by atoms with Crippen molar-refractivity contribution >= 4 is 23.2 Å². The van der Waals surface area contributed by atoms with Crippen LogP contribution in [0.15, 0.2) is 41.8 Å². The predicted octanol–water partition coefficient (Wildman–Crippen LogP) is 2.42. The third-order valence-electron chi connectivity index (χ3n) is 4.79. The van der Waals surface area contributed by atoms with E-state index in [9.17, 15) is 9.59 Å². The third-order valence-corrected chi connectivity index (χ3v) is 5.77. The summed E-state index contributed by atoms with van der Waals surface area (Å²) in [7, 11) is 0. The average Bonchev–Trinajstić information content (AvgIpc) is 3.39. The number of thiophene rings is 1. The van der Waals surface area contributed by atoms with E-state index in [4.69, 9.17) is 10.8 Å². The second-order valence-corrected chi connectivity index (χ2v) is 7.39. The minimum Gasteiger partial charge on any atom is -0.478 e. The molecule has 0 fully saturated rings. The lowest BCUT2D eigenvalue weighted by molar-refractivity contribution is -0.133. The lowest BCUT2D eigenvalue weighted by atomic mass is 10.0. The van der Waals surface area contributed by atoms with Gasteiger partial charge in [-0.05, 0) is 23.6 Å². The molecular formula is C19H18N4O3S. The van der Waals surface area contributed by atoms with Gasteiger partial charge in [-0.15, -0.1) is 11.3 Å². The summed E-state index contributed by atoms with van der Waals surface area (Å²) in [4.78, 5) is 26.7. The van der Waals surface area contributed by atoms with Crippen molar-refractivity contribution in [3.8, 4) is 11.3 Å². The van der Waals surface area contributed by atoms with E-state index in [1.54, 1.807) is 29.2 Å². The molecule has 1 atom stereocenters. The van der Waals surface area contributed by atoms with Crippen LogP contribution in [0.1, 0.15) is 32.4 Å². The Morgan fingerprint density at radius 3 is 2.67 bits per heavy atom. The molecule has 0 saturated heterocycles. The standard InChI is InChI=1S/C19H18N4O3S/c20-8-13(16-2-1-7-27-16)18(24)23-9-14-15(10-23)21-22-17(14)11-3-5-12(6-4-11)19(25)26/h1-7,13H,8-10,20H2,(H,21,22)(H,25,26). The van der Waals surface area contributed by atoms with Gasteiger partial charge in [0.05, 0.1) is 36.0 Å². The van der Waals surface area contributed by atoms with Gasteiger partial charge in [-0.2, -0.15) is 5.10 Å². The van der Waals surface area contributed by atoms with Crippen LogP contribution in [-0.2, 0) is 17.9 Å². The van der Waals surface area contributed by atoms with E-state index in [1.165, 1.54) is 11.3 Å². The summed E-state index contributed by atoms with van der Waals surface area (Å²) in [5.74, 6) is -1.29. The Bertz CT molecular complexity index is 979. The fourth-order valence-electron chi connectivity index (χ4n) is 3.35. The topological polar surface area (TPSA) is 112 Å². The third kappa shape index (κ3) is 3.13. The zero-order chi connectivity index (χ0) is 19.0. The molecule has 1 aromatic carbocycles. The summed E-state index contributed by atoms with van der Waals surface area (Å²) in [5.41, 5.74) is 9.53. The van der Waals surface area contributed by atoms with Crippen LogP contribution in [0.25, 0.3) is 11.3 Å². The van der Waals surface area contributed by atoms with Crippen molar-refractivity contribution in [3.05, 3.63) is 63.5 Å². The first-order valence-corrected chi connectivity index (χ1v) is 9.38. The molecule has 1 unspecified atom stereocenters. The summed E-state index contributed by atoms with van der Waals surface area (Å²) in [6.45, 7) is 1.20. The Kier molecular flexibility index (Phi) is 4.51. The fourth-order valence-corrected chi connectivity index (χ4v) is 4.19. The molecule has 1 amide bonds. The second kappa shape index (κ2) is 6.98. The molecule has 0 aliphatic carbocycles. The van der Waals surface area contributed by atoms with Crippen molar-refractivity contribution in [2.45, 2.75) is 19.0 Å². The highest BCUT2D eigenvalue weighted by molar-refractivity contribution is 7.10. The van der Waals surface area contributed by atoms with Crippen molar-refractivity contribution in [3.63, 3.8) is 0 Å². The number of carboxylic acid groups (broad SMARTS) is 1. The van der Waals surface area contributed by atoms with Crippen molar-refractivity contribution in [2.24, 2.45) is 5.73 Å². The number of aromatic carboxylic acids is 1. The second-order valence-electron chi connectivity index (χ2n) is 6.41. The van der Waals surface area contributed by atoms with Crippen LogP contribution < -0.4 is 5.73 Å². The number of carbonyl (C=O) groups excluding carboxylic acids is 1. The fraction of sp³-hybridized carbons (Fsp3) is 0.211. The van der Waals surface area contributed by atoms with Gasteiger partial charge in [0, 0.05) is 22.5 Å². The molecule has 7 nitrogen and oxygen atoms in total. The molecule has 4 rings (SSSR count). The van der Waals surface area contributed by atoms with Crippen molar-refractivity contribution < 1.29 is 14.7 Å². The molecule has 4 N–H and O–H groups in total. The first-order valence-electron chi connectivity index (χ1n) is 8.50. The molecule has 1 aliphatic rings. The highest BCUT2D eigenvalue weighted by atomic mass is 32.1. The van der Waals surface area contributed by atoms with E-state index in [0.29, 0.717) is 13.1 Å². The molecule has 0 radical (unpaired) electrons. The number of hydrogen-bond donors (Lipinski definition) is 3. The Hall–Kier alpha value is -2.97. The number of nitrogens with zero attached hydrogens (tertiary/aromatic N) is 2. The van der Waals surface area contributed by atoms with E-state index >= 15 is 0 Å². The van der Waals surface area contributed by atoms with Gasteiger partial charge in [0.1, 0.15) is 0 Å². The summed E-state index contributed by atoms with van der Waals surface area (Å²) < 4.78 is 0. The van der Waals surface area contributed by atoms with Gasteiger partial charge >= 0.3 is 5.97 Å². The van der Waals surface area contributed by atoms with Crippen LogP contribution in [0.4, 0.5) is 0 Å². The van der Waals surface area contributed by atoms with Crippen LogP contribution in [0.3, 0.4) is 0 Å². The number of hydrogen-bond acceptors (Lipinski definition) is 5. The number of aromatic nitrogens is 2. The Balaban J connectivity index is 1.56. The highest BCUT2D eigenvalue weighted by Crippen LogP contribution is 2.33. The number of carboxylic acids is 1. The SMILES string of the molecule is NCC(C(=O)N1Cc2[nH]nc(-c3ccc(C(=O)O)cc3)c2C1)c1cccs1. The molecule has 27 heavy (non-hydrogen) atoms. The smallest absolute Gasteiger partial charge is 0.335 e. The summed E-state index contributed by atoms with van der Waals surface area (Å²) >= 11 is 1.54. The zero-order valence-electron chi connectivity index (χ0n) is 14.4. The normalized spacial score (nSPS) is 14.2. The number of carbonyl (C=O) groups is 2. The van der Waals surface area contributed by atoms with E-state index in [1.807, 2.05) is 17.5 Å². The molecule has 2 aromatic heterocycles. The largest absolute Gasteiger partial charge is 0.478 e. The van der Waals surface area contributed by atoms with Gasteiger partial charge < -0.3 is 15.7 Å². The number of nitrogens with two attached hydrogens (primary N) is 1. The summed E-state index contributed by atoms with van der Waals surface area (Å²) in [5, 5.41) is 18.3. The van der Waals surface area contributed by atoms with Gasteiger partial charge in [-0.25, -0.2) is 4.79 Å². The first-order chi connectivity index (χ1) is 13.1. The molecule has 1 aliphatic heterocycles. The van der Waals surface area contributed by atoms with Gasteiger partial charge in [-0.1, -0.05) is 18.2 Å². The average molecular weight is 382 g/mol. The molecule has 3 heterocycles. The van der Waals surface area contributed by atoms with E-state index in [0.717, 1.165) is 27.4 Å². The molecule has 0 saturated carbocycles. The number of fused-ring (bicyclic) bond motifs is 1. The summed E-state index contributed by atoms with van der Waals surface area (Å²) in [6, 6.07) is 10.4. The molecule has 3 aromatic rings. The van der Waals surface area contributed by atoms with E-state index in [-0.39, 0.29) is 23.9 Å². The number of rotatable bonds is 5. The Labute approximate surface area is 159 Å². The van der Waals surface area contributed by atoms with Crippen molar-refractivity contribution in [1.82, 2.24) is 15.1 Å².